The molecule has 8 heteroatoms. The second-order valence-corrected chi connectivity index (χ2v) is 7.55. The number of nitrogens with two attached hydrogens (primary N) is 1. The van der Waals surface area contributed by atoms with Gasteiger partial charge in [0.05, 0.1) is 11.4 Å². The van der Waals surface area contributed by atoms with Gasteiger partial charge in [-0.1, -0.05) is 11.8 Å². The molecule has 6 nitrogen and oxygen atoms in total. The molecule has 2 N–H and O–H groups in total. The van der Waals surface area contributed by atoms with Crippen LogP contribution >= 0.6 is 11.8 Å². The van der Waals surface area contributed by atoms with Crippen LogP contribution in [0.4, 0.5) is 4.39 Å². The fourth-order valence-electron chi connectivity index (χ4n) is 2.90. The molecule has 0 bridgehead atoms. The topological polar surface area (TPSA) is 89.4 Å². The Kier molecular flexibility index (Phi) is 5.61. The summed E-state index contributed by atoms with van der Waals surface area (Å²) in [5, 5.41) is 0.0250. The van der Waals surface area contributed by atoms with E-state index in [9.17, 15) is 14.0 Å². The van der Waals surface area contributed by atoms with Crippen molar-refractivity contribution in [1.82, 2.24) is 9.88 Å². The number of carbonyl (C=O) groups is 2. The van der Waals surface area contributed by atoms with Gasteiger partial charge in [-0.25, -0.2) is 9.37 Å². The lowest BCUT2D eigenvalue weighted by Gasteiger charge is -2.32. The van der Waals surface area contributed by atoms with Crippen molar-refractivity contribution >= 4 is 23.6 Å². The number of amides is 2. The Labute approximate surface area is 154 Å². The predicted octanol–water partition coefficient (Wildman–Crippen LogP) is 2.69. The zero-order chi connectivity index (χ0) is 18.7. The summed E-state index contributed by atoms with van der Waals surface area (Å²) in [7, 11) is 0. The van der Waals surface area contributed by atoms with Gasteiger partial charge < -0.3 is 15.1 Å². The van der Waals surface area contributed by atoms with E-state index in [-0.39, 0.29) is 28.8 Å². The maximum absolute atomic E-state index is 13.0. The minimum atomic E-state index is -0.361. The van der Waals surface area contributed by atoms with Crippen molar-refractivity contribution in [2.45, 2.75) is 30.2 Å². The molecule has 1 atom stereocenters. The Morgan fingerprint density at radius 3 is 2.58 bits per heavy atom. The SMILES string of the molecule is CC(Sc1ncc(-c2ccc(F)cc2)o1)C(=O)N1CCC(C(N)=O)CC1. The third-order valence-corrected chi connectivity index (χ3v) is 5.39. The molecule has 0 saturated carbocycles. The lowest BCUT2D eigenvalue weighted by Crippen LogP contribution is -2.44. The molecule has 2 amide bonds. The number of hydrogen-bond donors (Lipinski definition) is 1. The van der Waals surface area contributed by atoms with Crippen molar-refractivity contribution < 1.29 is 18.4 Å². The summed E-state index contributed by atoms with van der Waals surface area (Å²) in [5.41, 5.74) is 6.04. The highest BCUT2D eigenvalue weighted by Gasteiger charge is 2.29. The van der Waals surface area contributed by atoms with E-state index in [1.807, 2.05) is 0 Å². The molecule has 1 aliphatic heterocycles. The zero-order valence-electron chi connectivity index (χ0n) is 14.4. The number of piperidine rings is 1. The van der Waals surface area contributed by atoms with Crippen molar-refractivity contribution in [3.63, 3.8) is 0 Å². The molecule has 1 fully saturated rings. The van der Waals surface area contributed by atoms with Crippen LogP contribution in [0.25, 0.3) is 11.3 Å². The number of thioether (sulfide) groups is 1. The van der Waals surface area contributed by atoms with Gasteiger partial charge in [-0.15, -0.1) is 0 Å². The lowest BCUT2D eigenvalue weighted by atomic mass is 9.96. The quantitative estimate of drug-likeness (QED) is 0.809. The third-order valence-electron chi connectivity index (χ3n) is 4.45. The number of primary amides is 1. The maximum Gasteiger partial charge on any atom is 0.256 e. The van der Waals surface area contributed by atoms with Gasteiger partial charge in [0.1, 0.15) is 5.82 Å². The largest absolute Gasteiger partial charge is 0.431 e. The summed E-state index contributed by atoms with van der Waals surface area (Å²) in [6.45, 7) is 2.86. The van der Waals surface area contributed by atoms with Crippen LogP contribution in [0.15, 0.2) is 40.1 Å². The zero-order valence-corrected chi connectivity index (χ0v) is 15.2. The number of benzene rings is 1. The predicted molar refractivity (Wildman–Crippen MR) is 95.7 cm³/mol. The Morgan fingerprint density at radius 1 is 1.31 bits per heavy atom. The molecule has 0 spiro atoms. The number of oxazole rings is 1. The van der Waals surface area contributed by atoms with Crippen molar-refractivity contribution in [2.75, 3.05) is 13.1 Å². The first-order valence-corrected chi connectivity index (χ1v) is 9.28. The fraction of sp³-hybridized carbons (Fsp3) is 0.389. The average Bonchev–Trinajstić information content (AvgIpc) is 3.10. The average molecular weight is 377 g/mol. The monoisotopic (exact) mass is 377 g/mol. The van der Waals surface area contributed by atoms with Crippen LogP contribution in [0, 0.1) is 11.7 Å². The minimum Gasteiger partial charge on any atom is -0.431 e. The molecule has 3 rings (SSSR count). The van der Waals surface area contributed by atoms with Gasteiger partial charge >= 0.3 is 0 Å². The summed E-state index contributed by atoms with van der Waals surface area (Å²) in [4.78, 5) is 29.7. The number of likely N-dealkylation sites (tertiary alicyclic amines) is 1. The van der Waals surface area contributed by atoms with Crippen LogP contribution < -0.4 is 5.73 Å². The number of nitrogens with zero attached hydrogens (tertiary/aromatic N) is 2. The summed E-state index contributed by atoms with van der Waals surface area (Å²) in [6, 6.07) is 5.93. The Balaban J connectivity index is 1.58. The van der Waals surface area contributed by atoms with Gasteiger partial charge in [0.25, 0.3) is 5.22 Å². The number of rotatable bonds is 5. The lowest BCUT2D eigenvalue weighted by molar-refractivity contribution is -0.134. The summed E-state index contributed by atoms with van der Waals surface area (Å²) >= 11 is 1.24. The van der Waals surface area contributed by atoms with E-state index in [1.54, 1.807) is 30.2 Å². The third kappa shape index (κ3) is 4.24. The fourth-order valence-corrected chi connectivity index (χ4v) is 3.71. The van der Waals surface area contributed by atoms with E-state index in [0.717, 1.165) is 5.56 Å². The summed E-state index contributed by atoms with van der Waals surface area (Å²) < 4.78 is 18.7. The Morgan fingerprint density at radius 2 is 1.96 bits per heavy atom. The number of carbonyl (C=O) groups excluding carboxylic acids is 2. The van der Waals surface area contributed by atoms with Gasteiger partial charge in [-0.3, -0.25) is 9.59 Å². The molecule has 1 aliphatic rings. The molecule has 2 aromatic rings. The number of halogens is 1. The smallest absolute Gasteiger partial charge is 0.256 e. The van der Waals surface area contributed by atoms with Gasteiger partial charge in [0.15, 0.2) is 5.76 Å². The van der Waals surface area contributed by atoms with Crippen LogP contribution in [0.5, 0.6) is 0 Å². The van der Waals surface area contributed by atoms with E-state index in [0.29, 0.717) is 36.9 Å². The van der Waals surface area contributed by atoms with Gasteiger partial charge in [0.2, 0.25) is 11.8 Å². The second kappa shape index (κ2) is 7.90. The Bertz CT molecular complexity index is 785. The van der Waals surface area contributed by atoms with E-state index in [2.05, 4.69) is 4.98 Å². The van der Waals surface area contributed by atoms with Crippen molar-refractivity contribution in [3.8, 4) is 11.3 Å². The van der Waals surface area contributed by atoms with Gasteiger partial charge in [0, 0.05) is 24.6 Å². The number of hydrogen-bond acceptors (Lipinski definition) is 5. The van der Waals surface area contributed by atoms with E-state index >= 15 is 0 Å². The van der Waals surface area contributed by atoms with E-state index in [1.165, 1.54) is 23.9 Å². The normalized spacial score (nSPS) is 16.5. The Hall–Kier alpha value is -2.35. The van der Waals surface area contributed by atoms with Crippen LogP contribution in [0.2, 0.25) is 0 Å². The first-order chi connectivity index (χ1) is 12.4. The highest BCUT2D eigenvalue weighted by atomic mass is 32.2. The first kappa shape index (κ1) is 18.4. The van der Waals surface area contributed by atoms with Crippen molar-refractivity contribution in [3.05, 3.63) is 36.3 Å². The van der Waals surface area contributed by atoms with E-state index in [4.69, 9.17) is 10.2 Å². The molecule has 1 unspecified atom stereocenters. The number of aromatic nitrogens is 1. The van der Waals surface area contributed by atoms with Crippen LogP contribution in [-0.2, 0) is 9.59 Å². The molecule has 1 aromatic carbocycles. The van der Waals surface area contributed by atoms with Crippen LogP contribution in [0.3, 0.4) is 0 Å². The molecule has 2 heterocycles. The first-order valence-electron chi connectivity index (χ1n) is 8.40. The standard InChI is InChI=1S/C18H20FN3O3S/c1-11(17(24)22-8-6-13(7-9-22)16(20)23)26-18-21-10-15(25-18)12-2-4-14(19)5-3-12/h2-5,10-11,13H,6-9H2,1H3,(H2,20,23). The highest BCUT2D eigenvalue weighted by molar-refractivity contribution is 8.00. The molecule has 1 saturated heterocycles. The molecule has 26 heavy (non-hydrogen) atoms. The van der Waals surface area contributed by atoms with Crippen LogP contribution in [-0.4, -0.2) is 40.0 Å². The minimum absolute atomic E-state index is 0.0144. The van der Waals surface area contributed by atoms with E-state index < -0.39 is 0 Å². The highest BCUT2D eigenvalue weighted by Crippen LogP contribution is 2.29. The summed E-state index contributed by atoms with van der Waals surface area (Å²) in [5.74, 6) is -0.254. The van der Waals surface area contributed by atoms with Gasteiger partial charge in [-0.05, 0) is 44.0 Å². The van der Waals surface area contributed by atoms with Crippen molar-refractivity contribution in [2.24, 2.45) is 11.7 Å². The molecule has 0 radical (unpaired) electrons. The molecular weight excluding hydrogens is 357 g/mol. The molecule has 0 aliphatic carbocycles. The summed E-state index contributed by atoms with van der Waals surface area (Å²) in [6.07, 6.45) is 2.77. The molecular formula is C18H20FN3O3S. The van der Waals surface area contributed by atoms with Crippen LogP contribution in [0.1, 0.15) is 19.8 Å². The van der Waals surface area contributed by atoms with Gasteiger partial charge in [-0.2, -0.15) is 0 Å². The second-order valence-electron chi connectivity index (χ2n) is 6.26. The van der Waals surface area contributed by atoms with Crippen molar-refractivity contribution in [1.29, 1.82) is 0 Å². The maximum atomic E-state index is 13.0. The molecule has 138 valence electrons. The molecule has 1 aromatic heterocycles.